The zero-order valence-corrected chi connectivity index (χ0v) is 11.2. The van der Waals surface area contributed by atoms with Gasteiger partial charge in [-0.25, -0.2) is 17.5 Å². The van der Waals surface area contributed by atoms with Crippen molar-refractivity contribution in [1.29, 1.82) is 0 Å². The minimum atomic E-state index is -4.16. The molecule has 0 atom stereocenters. The predicted octanol–water partition coefficient (Wildman–Crippen LogP) is 1.07. The van der Waals surface area contributed by atoms with Crippen LogP contribution in [0.5, 0.6) is 0 Å². The van der Waals surface area contributed by atoms with Crippen LogP contribution in [0.15, 0.2) is 27.6 Å². The van der Waals surface area contributed by atoms with Gasteiger partial charge in [0.05, 0.1) is 5.69 Å². The molecule has 2 rings (SSSR count). The lowest BCUT2D eigenvalue weighted by Gasteiger charge is -2.28. The van der Waals surface area contributed by atoms with Gasteiger partial charge in [-0.2, -0.15) is 0 Å². The van der Waals surface area contributed by atoms with Crippen LogP contribution >= 0.6 is 15.9 Å². The molecule has 2 N–H and O–H groups in total. The third kappa shape index (κ3) is 1.95. The Labute approximate surface area is 111 Å². The lowest BCUT2D eigenvalue weighted by molar-refractivity contribution is -0.136. The van der Waals surface area contributed by atoms with Crippen LogP contribution in [0.2, 0.25) is 0 Å². The summed E-state index contributed by atoms with van der Waals surface area (Å²) in [5.41, 5.74) is 0.121. The van der Waals surface area contributed by atoms with E-state index in [2.05, 4.69) is 21.2 Å². The lowest BCUT2D eigenvalue weighted by Crippen LogP contribution is -2.46. The topological polar surface area (TPSA) is 104 Å². The SMILES string of the molecule is O=C(O)CN1C(=O)Nc2cccc(Br)c2S1(=O)=O. The number of fused-ring (bicyclic) bond motifs is 1. The van der Waals surface area contributed by atoms with Gasteiger partial charge in [0, 0.05) is 4.47 Å². The van der Waals surface area contributed by atoms with Crippen LogP contribution in [-0.4, -0.2) is 36.4 Å². The molecule has 1 aromatic carbocycles. The molecule has 1 aliphatic rings. The van der Waals surface area contributed by atoms with Gasteiger partial charge in [0.15, 0.2) is 0 Å². The van der Waals surface area contributed by atoms with Crippen molar-refractivity contribution in [2.24, 2.45) is 0 Å². The average molecular weight is 335 g/mol. The summed E-state index contributed by atoms with van der Waals surface area (Å²) in [5, 5.41) is 11.0. The molecule has 0 unspecified atom stereocenters. The Hall–Kier alpha value is -1.61. The Kier molecular flexibility index (Phi) is 3.03. The third-order valence-electron chi connectivity index (χ3n) is 2.26. The van der Waals surface area contributed by atoms with Crippen LogP contribution in [-0.2, 0) is 14.8 Å². The second-order valence-corrected chi connectivity index (χ2v) is 6.11. The van der Waals surface area contributed by atoms with Gasteiger partial charge in [-0.15, -0.1) is 0 Å². The minimum Gasteiger partial charge on any atom is -0.480 e. The molecule has 0 aromatic heterocycles. The normalized spacial score (nSPS) is 16.9. The maximum atomic E-state index is 12.1. The van der Waals surface area contributed by atoms with E-state index in [9.17, 15) is 18.0 Å². The van der Waals surface area contributed by atoms with Crippen molar-refractivity contribution >= 4 is 43.6 Å². The van der Waals surface area contributed by atoms with E-state index >= 15 is 0 Å². The Balaban J connectivity index is 2.63. The Morgan fingerprint density at radius 3 is 2.72 bits per heavy atom. The maximum absolute atomic E-state index is 12.1. The molecule has 0 saturated heterocycles. The van der Waals surface area contributed by atoms with Gasteiger partial charge in [0.25, 0.3) is 10.0 Å². The number of carboxylic acid groups (broad SMARTS) is 1. The summed E-state index contributed by atoms with van der Waals surface area (Å²) in [6, 6.07) is 3.49. The zero-order chi connectivity index (χ0) is 13.5. The number of carbonyl (C=O) groups excluding carboxylic acids is 1. The number of amides is 2. The van der Waals surface area contributed by atoms with Crippen molar-refractivity contribution in [2.45, 2.75) is 4.90 Å². The van der Waals surface area contributed by atoms with Crippen LogP contribution in [0, 0.1) is 0 Å². The van der Waals surface area contributed by atoms with Crippen LogP contribution in [0.25, 0.3) is 0 Å². The molecule has 1 aromatic rings. The van der Waals surface area contributed by atoms with E-state index in [1.807, 2.05) is 0 Å². The summed E-state index contributed by atoms with van der Waals surface area (Å²) in [6.07, 6.45) is 0. The largest absolute Gasteiger partial charge is 0.480 e. The fraction of sp³-hybridized carbons (Fsp3) is 0.111. The fourth-order valence-electron chi connectivity index (χ4n) is 1.55. The molecule has 96 valence electrons. The molecule has 0 radical (unpaired) electrons. The molecular formula is C9H7BrN2O5S. The molecule has 2 amide bonds. The average Bonchev–Trinajstić information content (AvgIpc) is 2.23. The molecule has 0 fully saturated rings. The number of nitrogens with one attached hydrogen (secondary N) is 1. The highest BCUT2D eigenvalue weighted by Gasteiger charge is 2.39. The highest BCUT2D eigenvalue weighted by molar-refractivity contribution is 9.10. The summed E-state index contributed by atoms with van der Waals surface area (Å²) in [7, 11) is -4.16. The number of hydrogen-bond acceptors (Lipinski definition) is 4. The number of rotatable bonds is 2. The standard InChI is InChI=1S/C9H7BrN2O5S/c10-5-2-1-3-6-8(5)18(16,17)12(4-7(13)14)9(15)11-6/h1-3H,4H2,(H,11,15)(H,13,14). The number of urea groups is 1. The third-order valence-corrected chi connectivity index (χ3v) is 5.02. The van der Waals surface area contributed by atoms with Gasteiger partial charge in [0.1, 0.15) is 11.4 Å². The van der Waals surface area contributed by atoms with Gasteiger partial charge in [0.2, 0.25) is 0 Å². The zero-order valence-electron chi connectivity index (χ0n) is 8.75. The molecule has 0 bridgehead atoms. The molecule has 9 heteroatoms. The monoisotopic (exact) mass is 334 g/mol. The number of hydrogen-bond donors (Lipinski definition) is 2. The number of anilines is 1. The van der Waals surface area contributed by atoms with Crippen molar-refractivity contribution in [3.05, 3.63) is 22.7 Å². The van der Waals surface area contributed by atoms with Gasteiger partial charge in [-0.05, 0) is 28.1 Å². The smallest absolute Gasteiger partial charge is 0.336 e. The first-order valence-corrected chi connectivity index (χ1v) is 6.91. The number of carbonyl (C=O) groups is 2. The highest BCUT2D eigenvalue weighted by Crippen LogP contribution is 2.35. The van der Waals surface area contributed by atoms with Gasteiger partial charge < -0.3 is 10.4 Å². The van der Waals surface area contributed by atoms with Gasteiger partial charge in [-0.1, -0.05) is 6.07 Å². The second-order valence-electron chi connectivity index (χ2n) is 3.45. The Morgan fingerprint density at radius 2 is 2.11 bits per heavy atom. The van der Waals surface area contributed by atoms with Crippen molar-refractivity contribution in [2.75, 3.05) is 11.9 Å². The van der Waals surface area contributed by atoms with E-state index in [4.69, 9.17) is 5.11 Å². The molecular weight excluding hydrogens is 328 g/mol. The molecule has 18 heavy (non-hydrogen) atoms. The molecule has 0 aliphatic carbocycles. The first kappa shape index (κ1) is 12.8. The van der Waals surface area contributed by atoms with Crippen LogP contribution in [0.4, 0.5) is 10.5 Å². The Bertz CT molecular complexity index is 642. The van der Waals surface area contributed by atoms with E-state index in [1.165, 1.54) is 12.1 Å². The van der Waals surface area contributed by atoms with Gasteiger partial charge >= 0.3 is 12.0 Å². The highest BCUT2D eigenvalue weighted by atomic mass is 79.9. The summed E-state index contributed by atoms with van der Waals surface area (Å²) >= 11 is 3.07. The molecule has 1 aliphatic heterocycles. The minimum absolute atomic E-state index is 0.121. The van der Waals surface area contributed by atoms with E-state index in [-0.39, 0.29) is 19.4 Å². The number of aliphatic carboxylic acids is 1. The number of halogens is 1. The van der Waals surface area contributed by atoms with Crippen molar-refractivity contribution in [3.8, 4) is 0 Å². The number of benzene rings is 1. The predicted molar refractivity (Wildman–Crippen MR) is 64.7 cm³/mol. The van der Waals surface area contributed by atoms with Crippen molar-refractivity contribution in [3.63, 3.8) is 0 Å². The van der Waals surface area contributed by atoms with Crippen LogP contribution in [0.1, 0.15) is 0 Å². The second kappa shape index (κ2) is 4.25. The van der Waals surface area contributed by atoms with Crippen molar-refractivity contribution < 1.29 is 23.1 Å². The molecule has 1 heterocycles. The fourth-order valence-corrected chi connectivity index (χ4v) is 4.00. The van der Waals surface area contributed by atoms with E-state index in [0.717, 1.165) is 0 Å². The van der Waals surface area contributed by atoms with Gasteiger partial charge in [-0.3, -0.25) is 4.79 Å². The summed E-state index contributed by atoms with van der Waals surface area (Å²) in [5.74, 6) is -1.41. The number of sulfonamides is 1. The summed E-state index contributed by atoms with van der Waals surface area (Å²) in [4.78, 5) is 22.0. The molecule has 7 nitrogen and oxygen atoms in total. The number of carboxylic acids is 1. The van der Waals surface area contributed by atoms with E-state index < -0.39 is 28.6 Å². The van der Waals surface area contributed by atoms with E-state index in [1.54, 1.807) is 6.07 Å². The summed E-state index contributed by atoms with van der Waals surface area (Å²) in [6.45, 7) is -0.922. The molecule has 0 saturated carbocycles. The summed E-state index contributed by atoms with van der Waals surface area (Å²) < 4.78 is 24.8. The first-order chi connectivity index (χ1) is 8.34. The quantitative estimate of drug-likeness (QED) is 0.841. The van der Waals surface area contributed by atoms with E-state index in [0.29, 0.717) is 0 Å². The van der Waals surface area contributed by atoms with Crippen LogP contribution < -0.4 is 5.32 Å². The molecule has 0 spiro atoms. The first-order valence-electron chi connectivity index (χ1n) is 4.68. The maximum Gasteiger partial charge on any atom is 0.336 e. The van der Waals surface area contributed by atoms with Crippen molar-refractivity contribution in [1.82, 2.24) is 4.31 Å². The number of nitrogens with zero attached hydrogens (tertiary/aromatic N) is 1. The Morgan fingerprint density at radius 1 is 1.44 bits per heavy atom. The van der Waals surface area contributed by atoms with Crippen LogP contribution in [0.3, 0.4) is 0 Å². The lowest BCUT2D eigenvalue weighted by atomic mass is 10.3.